The number of hydrogen-bond acceptors (Lipinski definition) is 5. The van der Waals surface area contributed by atoms with Gasteiger partial charge in [-0.2, -0.15) is 0 Å². The number of amides is 1. The second-order valence-electron chi connectivity index (χ2n) is 7.71. The maximum Gasteiger partial charge on any atom is 0.245 e. The van der Waals surface area contributed by atoms with Crippen molar-refractivity contribution < 1.29 is 22.7 Å². The molecule has 31 heavy (non-hydrogen) atoms. The number of anilines is 2. The molecule has 3 rings (SSSR count). The number of nitrogens with one attached hydrogen (secondary N) is 1. The van der Waals surface area contributed by atoms with Gasteiger partial charge in [-0.1, -0.05) is 6.92 Å². The van der Waals surface area contributed by atoms with Gasteiger partial charge in [0.05, 0.1) is 24.7 Å². The molecule has 0 unspecified atom stereocenters. The van der Waals surface area contributed by atoms with Crippen molar-refractivity contribution in [2.24, 2.45) is 0 Å². The molecule has 0 radical (unpaired) electrons. The number of benzene rings is 2. The molecule has 2 aromatic carbocycles. The molecule has 1 aliphatic rings. The van der Waals surface area contributed by atoms with Crippen LogP contribution in [0.5, 0.6) is 11.5 Å². The lowest BCUT2D eigenvalue weighted by atomic mass is 10.2. The van der Waals surface area contributed by atoms with Crippen molar-refractivity contribution in [1.29, 1.82) is 0 Å². The zero-order valence-electron chi connectivity index (χ0n) is 18.0. The lowest BCUT2D eigenvalue weighted by Crippen LogP contribution is -2.37. The second-order valence-corrected chi connectivity index (χ2v) is 9.62. The minimum Gasteiger partial charge on any atom is -0.494 e. The lowest BCUT2D eigenvalue weighted by Gasteiger charge is -2.22. The third-order valence-electron chi connectivity index (χ3n) is 5.03. The second kappa shape index (κ2) is 10.5. The summed E-state index contributed by atoms with van der Waals surface area (Å²) in [6, 6.07) is 13.8. The van der Waals surface area contributed by atoms with Crippen molar-refractivity contribution >= 4 is 27.3 Å². The first-order valence-electron chi connectivity index (χ1n) is 10.6. The molecule has 0 aromatic heterocycles. The number of ether oxygens (including phenoxy) is 2. The van der Waals surface area contributed by atoms with Gasteiger partial charge in [-0.3, -0.25) is 9.10 Å². The van der Waals surface area contributed by atoms with Crippen LogP contribution in [0, 0.1) is 0 Å². The SMILES string of the molecule is CCCOc1ccc(N(CC(=O)Nc2ccc(OC3CCCC3)cc2)S(C)(=O)=O)cc1. The van der Waals surface area contributed by atoms with Crippen LogP contribution >= 0.6 is 0 Å². The van der Waals surface area contributed by atoms with E-state index < -0.39 is 15.9 Å². The molecule has 1 aliphatic carbocycles. The molecule has 0 saturated heterocycles. The monoisotopic (exact) mass is 446 g/mol. The summed E-state index contributed by atoms with van der Waals surface area (Å²) in [4.78, 5) is 12.5. The van der Waals surface area contributed by atoms with Crippen molar-refractivity contribution in [2.75, 3.05) is 29.0 Å². The van der Waals surface area contributed by atoms with Crippen molar-refractivity contribution in [3.05, 3.63) is 48.5 Å². The van der Waals surface area contributed by atoms with Gasteiger partial charge >= 0.3 is 0 Å². The number of carbonyl (C=O) groups excluding carboxylic acids is 1. The molecule has 0 spiro atoms. The summed E-state index contributed by atoms with van der Waals surface area (Å²) in [6.07, 6.45) is 6.77. The van der Waals surface area contributed by atoms with Gasteiger partial charge in [0.15, 0.2) is 0 Å². The maximum atomic E-state index is 12.5. The zero-order valence-corrected chi connectivity index (χ0v) is 18.9. The summed E-state index contributed by atoms with van der Waals surface area (Å²) in [5.41, 5.74) is 0.988. The molecule has 0 bridgehead atoms. The smallest absolute Gasteiger partial charge is 0.245 e. The number of rotatable bonds is 10. The maximum absolute atomic E-state index is 12.5. The first-order chi connectivity index (χ1) is 14.8. The highest BCUT2D eigenvalue weighted by Crippen LogP contribution is 2.25. The molecular formula is C23H30N2O5S. The molecule has 1 fully saturated rings. The molecule has 2 aromatic rings. The Morgan fingerprint density at radius 3 is 2.23 bits per heavy atom. The van der Waals surface area contributed by atoms with Gasteiger partial charge in [0.2, 0.25) is 15.9 Å². The highest BCUT2D eigenvalue weighted by atomic mass is 32.2. The quantitative estimate of drug-likeness (QED) is 0.591. The summed E-state index contributed by atoms with van der Waals surface area (Å²) >= 11 is 0. The van der Waals surface area contributed by atoms with E-state index in [4.69, 9.17) is 9.47 Å². The molecular weight excluding hydrogens is 416 g/mol. The minimum absolute atomic E-state index is 0.266. The Balaban J connectivity index is 1.61. The van der Waals surface area contributed by atoms with E-state index in [1.54, 1.807) is 36.4 Å². The standard InChI is InChI=1S/C23H30N2O5S/c1-3-16-29-20-14-10-19(11-15-20)25(31(2,27)28)17-23(26)24-18-8-12-22(13-9-18)30-21-6-4-5-7-21/h8-15,21H,3-7,16-17H2,1-2H3,(H,24,26). The van der Waals surface area contributed by atoms with Crippen LogP contribution < -0.4 is 19.1 Å². The molecule has 0 atom stereocenters. The third-order valence-corrected chi connectivity index (χ3v) is 6.17. The van der Waals surface area contributed by atoms with Crippen molar-refractivity contribution in [3.8, 4) is 11.5 Å². The Bertz CT molecular complexity index is 952. The summed E-state index contributed by atoms with van der Waals surface area (Å²) < 4.78 is 37.1. The lowest BCUT2D eigenvalue weighted by molar-refractivity contribution is -0.114. The van der Waals surface area contributed by atoms with Crippen LogP contribution in [0.1, 0.15) is 39.0 Å². The summed E-state index contributed by atoms with van der Waals surface area (Å²) in [6.45, 7) is 2.27. The molecule has 1 amide bonds. The van der Waals surface area contributed by atoms with Gasteiger partial charge in [0.1, 0.15) is 18.0 Å². The highest BCUT2D eigenvalue weighted by Gasteiger charge is 2.21. The van der Waals surface area contributed by atoms with Gasteiger partial charge in [-0.15, -0.1) is 0 Å². The van der Waals surface area contributed by atoms with E-state index in [1.165, 1.54) is 12.8 Å². The van der Waals surface area contributed by atoms with Crippen LogP contribution in [0.3, 0.4) is 0 Å². The fourth-order valence-corrected chi connectivity index (χ4v) is 4.33. The molecule has 168 valence electrons. The summed E-state index contributed by atoms with van der Waals surface area (Å²) in [7, 11) is -3.64. The van der Waals surface area contributed by atoms with Gasteiger partial charge in [0.25, 0.3) is 0 Å². The fraction of sp³-hybridized carbons (Fsp3) is 0.435. The van der Waals surface area contributed by atoms with E-state index in [0.717, 1.165) is 35.6 Å². The molecule has 8 heteroatoms. The first-order valence-corrected chi connectivity index (χ1v) is 12.5. The van der Waals surface area contributed by atoms with E-state index in [0.29, 0.717) is 23.7 Å². The van der Waals surface area contributed by atoms with Crippen LogP contribution in [0.15, 0.2) is 48.5 Å². The van der Waals surface area contributed by atoms with Crippen LogP contribution in [0.4, 0.5) is 11.4 Å². The van der Waals surface area contributed by atoms with Crippen LogP contribution in [-0.4, -0.2) is 39.8 Å². The van der Waals surface area contributed by atoms with Crippen molar-refractivity contribution in [1.82, 2.24) is 0 Å². The Morgan fingerprint density at radius 2 is 1.65 bits per heavy atom. The molecule has 0 heterocycles. The predicted octanol–water partition coefficient (Wildman–Crippen LogP) is 4.20. The molecule has 7 nitrogen and oxygen atoms in total. The van der Waals surface area contributed by atoms with E-state index in [9.17, 15) is 13.2 Å². The van der Waals surface area contributed by atoms with Crippen LogP contribution in [0.2, 0.25) is 0 Å². The highest BCUT2D eigenvalue weighted by molar-refractivity contribution is 7.92. The van der Waals surface area contributed by atoms with Crippen LogP contribution in [0.25, 0.3) is 0 Å². The Kier molecular flexibility index (Phi) is 7.79. The van der Waals surface area contributed by atoms with Crippen LogP contribution in [-0.2, 0) is 14.8 Å². The van der Waals surface area contributed by atoms with E-state index in [-0.39, 0.29) is 12.6 Å². The number of carbonyl (C=O) groups is 1. The summed E-state index contributed by atoms with van der Waals surface area (Å²) in [5, 5.41) is 2.75. The largest absolute Gasteiger partial charge is 0.494 e. The zero-order chi connectivity index (χ0) is 22.3. The van der Waals surface area contributed by atoms with E-state index in [2.05, 4.69) is 5.32 Å². The normalized spacial score (nSPS) is 14.3. The van der Waals surface area contributed by atoms with Crippen molar-refractivity contribution in [3.63, 3.8) is 0 Å². The minimum atomic E-state index is -3.64. The first kappa shape index (κ1) is 22.9. The number of sulfonamides is 1. The van der Waals surface area contributed by atoms with E-state index in [1.807, 2.05) is 19.1 Å². The average Bonchev–Trinajstić information content (AvgIpc) is 3.25. The Morgan fingerprint density at radius 1 is 1.03 bits per heavy atom. The topological polar surface area (TPSA) is 84.9 Å². The summed E-state index contributed by atoms with van der Waals surface area (Å²) in [5.74, 6) is 0.998. The van der Waals surface area contributed by atoms with Gasteiger partial charge in [-0.25, -0.2) is 8.42 Å². The van der Waals surface area contributed by atoms with Gasteiger partial charge in [0, 0.05) is 5.69 Å². The molecule has 1 N–H and O–H groups in total. The predicted molar refractivity (Wildman–Crippen MR) is 122 cm³/mol. The van der Waals surface area contributed by atoms with E-state index >= 15 is 0 Å². The van der Waals surface area contributed by atoms with Gasteiger partial charge in [-0.05, 0) is 80.6 Å². The van der Waals surface area contributed by atoms with Gasteiger partial charge < -0.3 is 14.8 Å². The number of hydrogen-bond donors (Lipinski definition) is 1. The third kappa shape index (κ3) is 6.89. The van der Waals surface area contributed by atoms with Crippen molar-refractivity contribution in [2.45, 2.75) is 45.1 Å². The Labute approximate surface area is 184 Å². The fourth-order valence-electron chi connectivity index (χ4n) is 3.47. The Hall–Kier alpha value is -2.74. The number of nitrogens with zero attached hydrogens (tertiary/aromatic N) is 1. The molecule has 0 aliphatic heterocycles. The average molecular weight is 447 g/mol. The molecule has 1 saturated carbocycles.